The second kappa shape index (κ2) is 10.8. The smallest absolute Gasteiger partial charge is 0.333 e. The Kier molecular flexibility index (Phi) is 7.41. The molecule has 1 saturated carbocycles. The number of hydrogen-bond acceptors (Lipinski definition) is 7. The maximum absolute atomic E-state index is 15.2. The second-order valence-electron chi connectivity index (χ2n) is 9.59. The fraction of sp³-hybridized carbons (Fsp3) is 0.333. The van der Waals surface area contributed by atoms with Gasteiger partial charge in [-0.15, -0.1) is 11.3 Å². The average Bonchev–Trinajstić information content (AvgIpc) is 3.64. The maximum atomic E-state index is 15.2. The zero-order chi connectivity index (χ0) is 27.8. The number of benzene rings is 2. The molecule has 1 fully saturated rings. The zero-order valence-electron chi connectivity index (χ0n) is 21.5. The van der Waals surface area contributed by atoms with Crippen molar-refractivity contribution in [3.63, 3.8) is 0 Å². The summed E-state index contributed by atoms with van der Waals surface area (Å²) < 4.78 is 61.3. The Morgan fingerprint density at radius 2 is 1.82 bits per heavy atom. The Morgan fingerprint density at radius 3 is 2.51 bits per heavy atom. The van der Waals surface area contributed by atoms with E-state index in [0.29, 0.717) is 34.0 Å². The van der Waals surface area contributed by atoms with Crippen molar-refractivity contribution < 1.29 is 27.4 Å². The van der Waals surface area contributed by atoms with E-state index < -0.39 is 35.3 Å². The lowest BCUT2D eigenvalue weighted by molar-refractivity contribution is 0.254. The number of aromatic amines is 1. The molecule has 2 aromatic carbocycles. The van der Waals surface area contributed by atoms with Crippen molar-refractivity contribution >= 4 is 22.2 Å². The van der Waals surface area contributed by atoms with Crippen LogP contribution in [-0.2, 0) is 13.2 Å². The third-order valence-corrected chi connectivity index (χ3v) is 7.33. The molecule has 0 unspecified atom stereocenters. The predicted molar refractivity (Wildman–Crippen MR) is 141 cm³/mol. The molecule has 1 N–H and O–H groups in total. The van der Waals surface area contributed by atoms with Gasteiger partial charge in [0, 0.05) is 28.9 Å². The monoisotopic (exact) mass is 561 g/mol. The van der Waals surface area contributed by atoms with Crippen LogP contribution in [0, 0.1) is 23.4 Å². The molecule has 206 valence electrons. The molecule has 1 aliphatic rings. The van der Waals surface area contributed by atoms with E-state index in [0.717, 1.165) is 31.0 Å². The van der Waals surface area contributed by atoms with Gasteiger partial charge in [0.25, 0.3) is 5.56 Å². The van der Waals surface area contributed by atoms with E-state index in [9.17, 15) is 18.4 Å². The fourth-order valence-corrected chi connectivity index (χ4v) is 5.26. The summed E-state index contributed by atoms with van der Waals surface area (Å²) in [6, 6.07) is 4.38. The molecular formula is C27H26F3N3O5S. The minimum atomic E-state index is -1.13. The quantitative estimate of drug-likeness (QED) is 0.305. The van der Waals surface area contributed by atoms with Crippen molar-refractivity contribution in [2.75, 3.05) is 27.8 Å². The first-order valence-corrected chi connectivity index (χ1v) is 13.1. The molecule has 0 amide bonds. The number of ether oxygens (including phenoxy) is 3. The van der Waals surface area contributed by atoms with Gasteiger partial charge in [0.05, 0.1) is 35.9 Å². The van der Waals surface area contributed by atoms with Gasteiger partial charge in [0.1, 0.15) is 12.4 Å². The molecule has 39 heavy (non-hydrogen) atoms. The van der Waals surface area contributed by atoms with E-state index in [4.69, 9.17) is 14.2 Å². The zero-order valence-corrected chi connectivity index (χ0v) is 22.3. The fourth-order valence-electron chi connectivity index (χ4n) is 4.18. The van der Waals surface area contributed by atoms with Crippen LogP contribution < -0.4 is 25.5 Å². The summed E-state index contributed by atoms with van der Waals surface area (Å²) in [6.07, 6.45) is 2.02. The summed E-state index contributed by atoms with van der Waals surface area (Å²) in [4.78, 5) is 31.6. The highest BCUT2D eigenvalue weighted by Crippen LogP contribution is 2.35. The highest BCUT2D eigenvalue weighted by atomic mass is 32.1. The van der Waals surface area contributed by atoms with Gasteiger partial charge in [0.15, 0.2) is 29.0 Å². The molecule has 5 rings (SSSR count). The van der Waals surface area contributed by atoms with Crippen molar-refractivity contribution in [3.05, 3.63) is 78.4 Å². The number of nitrogens with one attached hydrogen (secondary N) is 1. The average molecular weight is 562 g/mol. The SMILES string of the molecule is COc1cc(F)c(-n2c(=O)[nH]c3csc(CN(C)C)c3c2=O)cc1OCc1c(OCC2CC2)ccc(F)c1F. The summed E-state index contributed by atoms with van der Waals surface area (Å²) >= 11 is 1.31. The summed E-state index contributed by atoms with van der Waals surface area (Å²) in [6.45, 7) is 0.334. The van der Waals surface area contributed by atoms with Crippen molar-refractivity contribution in [3.8, 4) is 22.9 Å². The van der Waals surface area contributed by atoms with Crippen LogP contribution in [0.15, 0.2) is 39.2 Å². The second-order valence-corrected chi connectivity index (χ2v) is 10.6. The minimum absolute atomic E-state index is 0.0668. The van der Waals surface area contributed by atoms with Crippen LogP contribution in [0.2, 0.25) is 0 Å². The van der Waals surface area contributed by atoms with Gasteiger partial charge >= 0.3 is 5.69 Å². The Labute approximate surface area is 225 Å². The van der Waals surface area contributed by atoms with Crippen LogP contribution in [0.25, 0.3) is 16.6 Å². The summed E-state index contributed by atoms with van der Waals surface area (Å²) in [5.74, 6) is -2.77. The number of methoxy groups -OCH3 is 1. The van der Waals surface area contributed by atoms with E-state index in [2.05, 4.69) is 4.98 Å². The number of rotatable bonds is 10. The normalized spacial score (nSPS) is 13.3. The number of aromatic nitrogens is 2. The van der Waals surface area contributed by atoms with Gasteiger partial charge in [-0.3, -0.25) is 4.79 Å². The Balaban J connectivity index is 1.54. The number of halogens is 3. The largest absolute Gasteiger partial charge is 0.493 e. The predicted octanol–water partition coefficient (Wildman–Crippen LogP) is 4.60. The summed E-state index contributed by atoms with van der Waals surface area (Å²) in [5, 5.41) is 1.93. The van der Waals surface area contributed by atoms with Crippen molar-refractivity contribution in [1.29, 1.82) is 0 Å². The molecule has 0 bridgehead atoms. The van der Waals surface area contributed by atoms with E-state index in [1.54, 1.807) is 5.38 Å². The first-order valence-electron chi connectivity index (χ1n) is 12.2. The van der Waals surface area contributed by atoms with Gasteiger partial charge in [-0.2, -0.15) is 0 Å². The van der Waals surface area contributed by atoms with Crippen LogP contribution in [0.5, 0.6) is 17.2 Å². The minimum Gasteiger partial charge on any atom is -0.493 e. The molecule has 0 radical (unpaired) electrons. The Bertz CT molecular complexity index is 1660. The molecule has 0 saturated heterocycles. The number of nitrogens with zero attached hydrogens (tertiary/aromatic N) is 2. The van der Waals surface area contributed by atoms with Crippen LogP contribution in [0.1, 0.15) is 23.3 Å². The topological polar surface area (TPSA) is 85.8 Å². The lowest BCUT2D eigenvalue weighted by atomic mass is 10.2. The number of fused-ring (bicyclic) bond motifs is 1. The standard InChI is InChI=1S/C27H26F3N3O5S/c1-32(2)10-23-24-18(13-39-23)31-27(35)33(26(24)34)19-9-22(21(36-3)8-17(19)29)38-12-15-20(37-11-14-4-5-14)7-6-16(28)25(15)30/h6-9,13-14H,4-5,10-12H2,1-3H3,(H,31,35). The lowest BCUT2D eigenvalue weighted by Crippen LogP contribution is -2.34. The number of thiophene rings is 1. The van der Waals surface area contributed by atoms with E-state index >= 15 is 4.39 Å². The summed E-state index contributed by atoms with van der Waals surface area (Å²) in [7, 11) is 4.96. The maximum Gasteiger partial charge on any atom is 0.333 e. The number of hydrogen-bond donors (Lipinski definition) is 1. The van der Waals surface area contributed by atoms with Crippen LogP contribution in [-0.4, -0.2) is 42.3 Å². The highest BCUT2D eigenvalue weighted by Gasteiger charge is 2.25. The lowest BCUT2D eigenvalue weighted by Gasteiger charge is -2.16. The van der Waals surface area contributed by atoms with Crippen LogP contribution >= 0.6 is 11.3 Å². The Morgan fingerprint density at radius 1 is 1.05 bits per heavy atom. The third-order valence-electron chi connectivity index (χ3n) is 6.36. The van der Waals surface area contributed by atoms with Gasteiger partial charge in [-0.05, 0) is 45.0 Å². The van der Waals surface area contributed by atoms with Gasteiger partial charge in [-0.1, -0.05) is 0 Å². The molecule has 12 heteroatoms. The molecule has 8 nitrogen and oxygen atoms in total. The highest BCUT2D eigenvalue weighted by molar-refractivity contribution is 7.11. The molecular weight excluding hydrogens is 535 g/mol. The van der Waals surface area contributed by atoms with Gasteiger partial charge in [0.2, 0.25) is 0 Å². The van der Waals surface area contributed by atoms with Crippen molar-refractivity contribution in [2.24, 2.45) is 5.92 Å². The Hall–Kier alpha value is -3.77. The van der Waals surface area contributed by atoms with E-state index in [-0.39, 0.29) is 33.9 Å². The van der Waals surface area contributed by atoms with E-state index in [1.807, 2.05) is 19.0 Å². The molecule has 0 aliphatic heterocycles. The molecule has 2 aromatic heterocycles. The first kappa shape index (κ1) is 26.8. The van der Waals surface area contributed by atoms with E-state index in [1.165, 1.54) is 24.5 Å². The molecule has 0 spiro atoms. The van der Waals surface area contributed by atoms with Gasteiger partial charge < -0.3 is 24.1 Å². The third kappa shape index (κ3) is 5.39. The van der Waals surface area contributed by atoms with Crippen LogP contribution in [0.4, 0.5) is 13.2 Å². The van der Waals surface area contributed by atoms with Gasteiger partial charge in [-0.25, -0.2) is 22.5 Å². The molecule has 4 aromatic rings. The summed E-state index contributed by atoms with van der Waals surface area (Å²) in [5.41, 5.74) is -1.73. The van der Waals surface area contributed by atoms with Crippen molar-refractivity contribution in [1.82, 2.24) is 14.5 Å². The molecule has 0 atom stereocenters. The first-order chi connectivity index (χ1) is 18.7. The van der Waals surface area contributed by atoms with Crippen molar-refractivity contribution in [2.45, 2.75) is 26.0 Å². The molecule has 1 aliphatic carbocycles. The molecule has 2 heterocycles. The number of H-pyrrole nitrogens is 1. The van der Waals surface area contributed by atoms with Crippen LogP contribution in [0.3, 0.4) is 0 Å².